The predicted octanol–water partition coefficient (Wildman–Crippen LogP) is 3.76. The summed E-state index contributed by atoms with van der Waals surface area (Å²) in [5.41, 5.74) is 2.55. The molecule has 0 aliphatic carbocycles. The fourth-order valence-electron chi connectivity index (χ4n) is 1.33. The number of benzene rings is 1. The summed E-state index contributed by atoms with van der Waals surface area (Å²) in [6.07, 6.45) is 3.40. The molecule has 0 radical (unpaired) electrons. The van der Waals surface area contributed by atoms with Gasteiger partial charge in [0.05, 0.1) is 1.37 Å². The van der Waals surface area contributed by atoms with Crippen molar-refractivity contribution in [3.63, 3.8) is 0 Å². The highest BCUT2D eigenvalue weighted by Crippen LogP contribution is 2.16. The minimum atomic E-state index is -2.22. The lowest BCUT2D eigenvalue weighted by Gasteiger charge is -2.06. The monoisotopic (exact) mass is 176 g/mol. The van der Waals surface area contributed by atoms with Gasteiger partial charge in [0.25, 0.3) is 0 Å². The minimum Gasteiger partial charge on any atom is -0.103 e. The lowest BCUT2D eigenvalue weighted by atomic mass is 9.99. The van der Waals surface area contributed by atoms with Gasteiger partial charge in [-0.1, -0.05) is 36.4 Å². The molecule has 68 valence electrons. The van der Waals surface area contributed by atoms with Crippen LogP contribution < -0.4 is 0 Å². The molecule has 0 aliphatic heterocycles. The molecule has 0 atom stereocenters. The zero-order valence-corrected chi connectivity index (χ0v) is 7.80. The predicted molar refractivity (Wildman–Crippen MR) is 59.8 cm³/mol. The highest BCUT2D eigenvalue weighted by atomic mass is 14.0. The Hall–Kier alpha value is -1.30. The van der Waals surface area contributed by atoms with Crippen molar-refractivity contribution in [1.82, 2.24) is 0 Å². The molecule has 0 unspecified atom stereocenters. The highest BCUT2D eigenvalue weighted by Gasteiger charge is 1.99. The molecule has 0 N–H and O–H groups in total. The van der Waals surface area contributed by atoms with E-state index in [9.17, 15) is 0 Å². The van der Waals surface area contributed by atoms with Gasteiger partial charge < -0.3 is 0 Å². The van der Waals surface area contributed by atoms with Gasteiger partial charge in [0, 0.05) is 4.11 Å². The molecule has 1 aromatic rings. The quantitative estimate of drug-likeness (QED) is 0.615. The van der Waals surface area contributed by atoms with Crippen molar-refractivity contribution >= 4 is 6.05 Å². The average molecular weight is 176 g/mol. The molecule has 0 bridgehead atoms. The van der Waals surface area contributed by atoms with Crippen molar-refractivity contribution in [3.8, 4) is 0 Å². The van der Waals surface area contributed by atoms with Gasteiger partial charge in [0.1, 0.15) is 0 Å². The number of allylic oxidation sites excluding steroid dienone is 2. The molecule has 1 rings (SSSR count). The molecule has 0 heteroatoms. The molecule has 0 amide bonds. The van der Waals surface area contributed by atoms with Crippen molar-refractivity contribution in [2.45, 2.75) is 20.2 Å². The van der Waals surface area contributed by atoms with Crippen LogP contribution >= 0.6 is 0 Å². The number of hydrogen-bond donors (Lipinski definition) is 0. The van der Waals surface area contributed by atoms with E-state index >= 15 is 0 Å². The molecule has 13 heavy (non-hydrogen) atoms. The normalized spacial score (nSPS) is 16.8. The lowest BCUT2D eigenvalue weighted by Crippen LogP contribution is -1.89. The van der Waals surface area contributed by atoms with Crippen LogP contribution in [-0.4, -0.2) is 0 Å². The second-order valence-electron chi connectivity index (χ2n) is 2.89. The Morgan fingerprint density at radius 1 is 1.62 bits per heavy atom. The van der Waals surface area contributed by atoms with Crippen molar-refractivity contribution in [3.05, 3.63) is 53.6 Å². The van der Waals surface area contributed by atoms with E-state index < -0.39 is 6.85 Å². The van der Waals surface area contributed by atoms with E-state index in [0.717, 1.165) is 17.2 Å². The number of rotatable bonds is 3. The molecule has 0 fully saturated rings. The molecule has 1 aromatic carbocycles. The van der Waals surface area contributed by atoms with Gasteiger partial charge >= 0.3 is 0 Å². The van der Waals surface area contributed by atoms with E-state index in [0.29, 0.717) is 12.0 Å². The summed E-state index contributed by atoms with van der Waals surface area (Å²) in [6, 6.07) is 5.73. The van der Waals surface area contributed by atoms with Gasteiger partial charge in [-0.25, -0.2) is 0 Å². The van der Waals surface area contributed by atoms with Crippen LogP contribution in [0, 0.1) is 6.92 Å². The maximum atomic E-state index is 7.90. The Morgan fingerprint density at radius 3 is 3.15 bits per heavy atom. The van der Waals surface area contributed by atoms with Crippen molar-refractivity contribution in [2.75, 3.05) is 0 Å². The van der Waals surface area contributed by atoms with E-state index in [1.54, 1.807) is 6.08 Å². The second kappa shape index (κ2) is 4.66. The van der Waals surface area contributed by atoms with E-state index in [-0.39, 0.29) is 6.05 Å². The van der Waals surface area contributed by atoms with Crippen molar-refractivity contribution < 1.29 is 5.48 Å². The SMILES string of the molecule is [2H]/C(=C\C([2H])([2H])[2H])c1c(C)cccc1CC=C. The summed E-state index contributed by atoms with van der Waals surface area (Å²) in [5.74, 6) is 0. The van der Waals surface area contributed by atoms with Crippen molar-refractivity contribution in [2.24, 2.45) is 0 Å². The summed E-state index contributed by atoms with van der Waals surface area (Å²) in [4.78, 5) is 0. The summed E-state index contributed by atoms with van der Waals surface area (Å²) in [6.45, 7) is 3.33. The maximum absolute atomic E-state index is 7.90. The van der Waals surface area contributed by atoms with E-state index in [2.05, 4.69) is 6.58 Å². The standard InChI is InChI=1S/C13H16/c1-4-7-12-10-6-9-11(3)13(12)8-5-2/h4-6,8-10H,1,7H2,2-3H3/b8-5+/i2D3,8D. The first-order valence-corrected chi connectivity index (χ1v) is 4.24. The first-order chi connectivity index (χ1) is 7.85. The molecule has 0 aliphatic rings. The summed E-state index contributed by atoms with van der Waals surface area (Å²) >= 11 is 0. The summed E-state index contributed by atoms with van der Waals surface area (Å²) in [5, 5.41) is 0. The summed E-state index contributed by atoms with van der Waals surface area (Å²) in [7, 11) is 0. The Balaban J connectivity index is 3.29. The third-order valence-corrected chi connectivity index (χ3v) is 1.94. The molecule has 0 saturated carbocycles. The van der Waals surface area contributed by atoms with Gasteiger partial charge in [-0.05, 0) is 36.9 Å². The average Bonchev–Trinajstić information content (AvgIpc) is 2.15. The molecule has 0 nitrogen and oxygen atoms in total. The van der Waals surface area contributed by atoms with Gasteiger partial charge in [0.2, 0.25) is 0 Å². The Morgan fingerprint density at radius 2 is 2.46 bits per heavy atom. The van der Waals surface area contributed by atoms with Crippen LogP contribution in [0.5, 0.6) is 0 Å². The second-order valence-corrected chi connectivity index (χ2v) is 2.89. The van der Waals surface area contributed by atoms with Crippen LogP contribution in [-0.2, 0) is 6.42 Å². The Bertz CT molecular complexity index is 441. The largest absolute Gasteiger partial charge is 0.103 e. The van der Waals surface area contributed by atoms with Crippen LogP contribution in [0.25, 0.3) is 6.05 Å². The highest BCUT2D eigenvalue weighted by molar-refractivity contribution is 5.57. The fourth-order valence-corrected chi connectivity index (χ4v) is 1.33. The van der Waals surface area contributed by atoms with Crippen LogP contribution in [0.15, 0.2) is 36.9 Å². The molecule has 0 spiro atoms. The smallest absolute Gasteiger partial charge is 0.0626 e. The van der Waals surface area contributed by atoms with Gasteiger partial charge in [-0.2, -0.15) is 0 Å². The van der Waals surface area contributed by atoms with Gasteiger partial charge in [-0.3, -0.25) is 0 Å². The van der Waals surface area contributed by atoms with Crippen LogP contribution in [0.1, 0.15) is 29.0 Å². The molecular weight excluding hydrogens is 156 g/mol. The number of aryl methyl sites for hydroxylation is 1. The maximum Gasteiger partial charge on any atom is 0.0626 e. The third kappa shape index (κ3) is 2.32. The van der Waals surface area contributed by atoms with Gasteiger partial charge in [-0.15, -0.1) is 6.58 Å². The van der Waals surface area contributed by atoms with E-state index in [1.165, 1.54) is 0 Å². The van der Waals surface area contributed by atoms with E-state index in [1.807, 2.05) is 25.1 Å². The van der Waals surface area contributed by atoms with E-state index in [4.69, 9.17) is 5.48 Å². The van der Waals surface area contributed by atoms with Crippen molar-refractivity contribution in [1.29, 1.82) is 0 Å². The lowest BCUT2D eigenvalue weighted by molar-refractivity contribution is 1.24. The third-order valence-electron chi connectivity index (χ3n) is 1.94. The zero-order chi connectivity index (χ0) is 13.1. The summed E-state index contributed by atoms with van der Waals surface area (Å²) < 4.78 is 29.4. The molecule has 0 heterocycles. The molecule has 0 aromatic heterocycles. The first kappa shape index (κ1) is 5.43. The van der Waals surface area contributed by atoms with Gasteiger partial charge in [0.15, 0.2) is 0 Å². The number of hydrogen-bond acceptors (Lipinski definition) is 0. The molecule has 0 saturated heterocycles. The molecular formula is C13H16. The van der Waals surface area contributed by atoms with Crippen LogP contribution in [0.4, 0.5) is 0 Å². The zero-order valence-electron chi connectivity index (χ0n) is 11.8. The van der Waals surface area contributed by atoms with Crippen LogP contribution in [0.2, 0.25) is 0 Å². The fraction of sp³-hybridized carbons (Fsp3) is 0.231. The van der Waals surface area contributed by atoms with Crippen LogP contribution in [0.3, 0.4) is 0 Å². The topological polar surface area (TPSA) is 0 Å². The Kier molecular flexibility index (Phi) is 1.95. The Labute approximate surface area is 86.2 Å². The minimum absolute atomic E-state index is 0.0555. The first-order valence-electron chi connectivity index (χ1n) is 6.24.